The lowest BCUT2D eigenvalue weighted by atomic mass is 10.1. The monoisotopic (exact) mass is 306 g/mol. The van der Waals surface area contributed by atoms with E-state index in [0.29, 0.717) is 24.6 Å². The van der Waals surface area contributed by atoms with Crippen molar-refractivity contribution >= 4 is 5.91 Å². The number of allylic oxidation sites excluding steroid dienone is 1. The van der Waals surface area contributed by atoms with Gasteiger partial charge in [-0.25, -0.2) is 4.39 Å². The molecule has 2 fully saturated rings. The van der Waals surface area contributed by atoms with Gasteiger partial charge in [0, 0.05) is 46.0 Å². The summed E-state index contributed by atoms with van der Waals surface area (Å²) < 4.78 is 16.0. The van der Waals surface area contributed by atoms with E-state index < -0.39 is 11.7 Å². The highest BCUT2D eigenvalue weighted by Gasteiger charge is 2.31. The molecule has 0 atom stereocenters. The zero-order valence-corrected chi connectivity index (χ0v) is 13.3. The lowest BCUT2D eigenvalue weighted by molar-refractivity contribution is -0.130. The van der Waals surface area contributed by atoms with Gasteiger partial charge >= 0.3 is 0 Å². The minimum Gasteiger partial charge on any atom is -0.334 e. The smallest absolute Gasteiger partial charge is 0.282 e. The Kier molecular flexibility index (Phi) is 4.29. The van der Waals surface area contributed by atoms with E-state index in [2.05, 4.69) is 10.00 Å². The molecule has 0 bridgehead atoms. The van der Waals surface area contributed by atoms with Gasteiger partial charge in [0.2, 0.25) is 0 Å². The molecule has 2 aliphatic rings. The first-order valence-corrected chi connectivity index (χ1v) is 7.91. The molecule has 2 heterocycles. The van der Waals surface area contributed by atoms with E-state index in [-0.39, 0.29) is 0 Å². The van der Waals surface area contributed by atoms with E-state index in [1.54, 1.807) is 18.0 Å². The van der Waals surface area contributed by atoms with Gasteiger partial charge in [0.1, 0.15) is 0 Å². The van der Waals surface area contributed by atoms with Gasteiger partial charge in [-0.15, -0.1) is 0 Å². The molecular weight excluding hydrogens is 283 g/mol. The van der Waals surface area contributed by atoms with Crippen molar-refractivity contribution in [1.29, 1.82) is 0 Å². The van der Waals surface area contributed by atoms with Crippen LogP contribution in [0.2, 0.25) is 0 Å². The largest absolute Gasteiger partial charge is 0.334 e. The van der Waals surface area contributed by atoms with Crippen LogP contribution in [0, 0.1) is 5.92 Å². The fourth-order valence-corrected chi connectivity index (χ4v) is 2.90. The van der Waals surface area contributed by atoms with Crippen LogP contribution in [0.5, 0.6) is 0 Å². The van der Waals surface area contributed by atoms with Crippen LogP contribution in [0.15, 0.2) is 23.7 Å². The lowest BCUT2D eigenvalue weighted by Gasteiger charge is -2.34. The van der Waals surface area contributed by atoms with Crippen molar-refractivity contribution in [2.75, 3.05) is 26.2 Å². The molecule has 1 aromatic rings. The number of hydrogen-bond acceptors (Lipinski definition) is 3. The molecule has 6 heteroatoms. The molecule has 0 aromatic carbocycles. The number of hydrogen-bond donors (Lipinski definition) is 0. The normalized spacial score (nSPS) is 21.0. The van der Waals surface area contributed by atoms with Crippen molar-refractivity contribution in [2.45, 2.75) is 26.3 Å². The standard InChI is InChI=1S/C16H23FN4O/c1-12(13-3-4-13)15(17)16(22)21-9-7-20(8-10-21)11-14-5-6-18-19(14)2/h5-6,13H,3-4,7-11H2,1-2H3. The second-order valence-electron chi connectivity index (χ2n) is 6.29. The van der Waals surface area contributed by atoms with Crippen LogP contribution >= 0.6 is 0 Å². The van der Waals surface area contributed by atoms with Gasteiger partial charge in [-0.2, -0.15) is 5.10 Å². The van der Waals surface area contributed by atoms with Crippen molar-refractivity contribution < 1.29 is 9.18 Å². The van der Waals surface area contributed by atoms with Crippen LogP contribution in [-0.2, 0) is 18.4 Å². The predicted octanol–water partition coefficient (Wildman–Crippen LogP) is 1.72. The van der Waals surface area contributed by atoms with Crippen molar-refractivity contribution in [3.05, 3.63) is 29.4 Å². The Bertz CT molecular complexity index is 583. The number of amides is 1. The molecule has 1 aliphatic heterocycles. The molecule has 1 aliphatic carbocycles. The molecule has 0 spiro atoms. The average Bonchev–Trinajstić information content (AvgIpc) is 3.31. The molecule has 0 radical (unpaired) electrons. The molecule has 1 aromatic heterocycles. The molecule has 1 amide bonds. The fraction of sp³-hybridized carbons (Fsp3) is 0.625. The maximum atomic E-state index is 14.2. The minimum absolute atomic E-state index is 0.301. The first-order valence-electron chi connectivity index (χ1n) is 7.91. The molecule has 0 N–H and O–H groups in total. The molecule has 1 saturated carbocycles. The van der Waals surface area contributed by atoms with Crippen LogP contribution in [0.25, 0.3) is 0 Å². The molecule has 3 rings (SSSR count). The van der Waals surface area contributed by atoms with E-state index >= 15 is 0 Å². The van der Waals surface area contributed by atoms with Crippen molar-refractivity contribution in [3.63, 3.8) is 0 Å². The van der Waals surface area contributed by atoms with Gasteiger partial charge in [0.05, 0.1) is 5.69 Å². The number of halogens is 1. The summed E-state index contributed by atoms with van der Waals surface area (Å²) >= 11 is 0. The van der Waals surface area contributed by atoms with E-state index in [9.17, 15) is 9.18 Å². The Balaban J connectivity index is 1.54. The molecule has 5 nitrogen and oxygen atoms in total. The maximum Gasteiger partial charge on any atom is 0.282 e. The van der Waals surface area contributed by atoms with Gasteiger partial charge in [0.25, 0.3) is 5.91 Å². The second kappa shape index (κ2) is 6.20. The zero-order chi connectivity index (χ0) is 15.7. The molecule has 1 saturated heterocycles. The van der Waals surface area contributed by atoms with Gasteiger partial charge in [-0.1, -0.05) is 0 Å². The molecule has 22 heavy (non-hydrogen) atoms. The Morgan fingerprint density at radius 3 is 2.55 bits per heavy atom. The third kappa shape index (κ3) is 3.21. The van der Waals surface area contributed by atoms with E-state index in [0.717, 1.165) is 38.2 Å². The Morgan fingerprint density at radius 2 is 2.00 bits per heavy atom. The summed E-state index contributed by atoms with van der Waals surface area (Å²) in [6, 6.07) is 2.00. The Morgan fingerprint density at radius 1 is 1.32 bits per heavy atom. The van der Waals surface area contributed by atoms with Gasteiger partial charge in [0.15, 0.2) is 5.83 Å². The van der Waals surface area contributed by atoms with Crippen LogP contribution in [-0.4, -0.2) is 51.7 Å². The number of aryl methyl sites for hydroxylation is 1. The first-order chi connectivity index (χ1) is 10.6. The Hall–Kier alpha value is -1.69. The number of aromatic nitrogens is 2. The number of nitrogens with zero attached hydrogens (tertiary/aromatic N) is 4. The highest BCUT2D eigenvalue weighted by atomic mass is 19.1. The van der Waals surface area contributed by atoms with Crippen LogP contribution in [0.1, 0.15) is 25.5 Å². The van der Waals surface area contributed by atoms with Crippen LogP contribution < -0.4 is 0 Å². The van der Waals surface area contributed by atoms with Gasteiger partial charge in [-0.05, 0) is 37.3 Å². The fourth-order valence-electron chi connectivity index (χ4n) is 2.90. The summed E-state index contributed by atoms with van der Waals surface area (Å²) in [5.41, 5.74) is 1.79. The summed E-state index contributed by atoms with van der Waals surface area (Å²) in [7, 11) is 1.93. The summed E-state index contributed by atoms with van der Waals surface area (Å²) in [6.45, 7) is 5.28. The number of rotatable bonds is 4. The highest BCUT2D eigenvalue weighted by molar-refractivity contribution is 5.92. The maximum absolute atomic E-state index is 14.2. The SMILES string of the molecule is CC(=C(F)C(=O)N1CCN(Cc2ccnn2C)CC1)C1CC1. The lowest BCUT2D eigenvalue weighted by Crippen LogP contribution is -2.48. The third-order valence-corrected chi connectivity index (χ3v) is 4.69. The summed E-state index contributed by atoms with van der Waals surface area (Å²) in [5, 5.41) is 4.16. The van der Waals surface area contributed by atoms with E-state index in [1.807, 2.05) is 17.8 Å². The number of piperazine rings is 1. The predicted molar refractivity (Wildman–Crippen MR) is 81.6 cm³/mol. The minimum atomic E-state index is -0.525. The quantitative estimate of drug-likeness (QED) is 0.795. The molecule has 120 valence electrons. The van der Waals surface area contributed by atoms with Gasteiger partial charge in [-0.3, -0.25) is 14.4 Å². The van der Waals surface area contributed by atoms with E-state index in [4.69, 9.17) is 0 Å². The van der Waals surface area contributed by atoms with Gasteiger partial charge < -0.3 is 4.90 Å². The molecule has 0 unspecified atom stereocenters. The third-order valence-electron chi connectivity index (χ3n) is 4.69. The Labute approximate surface area is 130 Å². The topological polar surface area (TPSA) is 41.4 Å². The van der Waals surface area contributed by atoms with Crippen molar-refractivity contribution in [2.24, 2.45) is 13.0 Å². The van der Waals surface area contributed by atoms with E-state index in [1.165, 1.54) is 0 Å². The number of carbonyl (C=O) groups is 1. The van der Waals surface area contributed by atoms with Crippen molar-refractivity contribution in [1.82, 2.24) is 19.6 Å². The van der Waals surface area contributed by atoms with Crippen molar-refractivity contribution in [3.8, 4) is 0 Å². The van der Waals surface area contributed by atoms with Crippen LogP contribution in [0.4, 0.5) is 4.39 Å². The van der Waals surface area contributed by atoms with Crippen LogP contribution in [0.3, 0.4) is 0 Å². The first kappa shape index (κ1) is 15.2. The zero-order valence-electron chi connectivity index (χ0n) is 13.3. The molecular formula is C16H23FN4O. The number of carbonyl (C=O) groups excluding carboxylic acids is 1. The second-order valence-corrected chi connectivity index (χ2v) is 6.29. The summed E-state index contributed by atoms with van der Waals surface area (Å²) in [5.74, 6) is -0.651. The summed E-state index contributed by atoms with van der Waals surface area (Å²) in [4.78, 5) is 16.1. The summed E-state index contributed by atoms with van der Waals surface area (Å²) in [6.07, 6.45) is 3.83. The average molecular weight is 306 g/mol. The highest BCUT2D eigenvalue weighted by Crippen LogP contribution is 2.38.